The van der Waals surface area contributed by atoms with Gasteiger partial charge in [0.25, 0.3) is 0 Å². The predicted molar refractivity (Wildman–Crippen MR) is 106 cm³/mol. The van der Waals surface area contributed by atoms with Gasteiger partial charge in [-0.3, -0.25) is 0 Å². The Balaban J connectivity index is 1.58. The molecule has 1 aliphatic carbocycles. The number of rotatable bonds is 8. The number of methoxy groups -OCH3 is 1. The molecule has 1 aromatic heterocycles. The molecule has 1 fully saturated rings. The molecule has 152 valence electrons. The van der Waals surface area contributed by atoms with Crippen LogP contribution in [0.3, 0.4) is 0 Å². The van der Waals surface area contributed by atoms with Crippen molar-refractivity contribution in [2.75, 3.05) is 7.11 Å². The first-order valence-electron chi connectivity index (χ1n) is 9.38. The quantitative estimate of drug-likeness (QED) is 0.565. The molecule has 3 aromatic rings. The number of sulfonamides is 1. The van der Waals surface area contributed by atoms with Gasteiger partial charge in [-0.05, 0) is 54.8 Å². The molecule has 1 heterocycles. The van der Waals surface area contributed by atoms with E-state index >= 15 is 0 Å². The molecule has 2 aromatic carbocycles. The topological polar surface area (TPSA) is 64.4 Å². The summed E-state index contributed by atoms with van der Waals surface area (Å²) in [7, 11) is -2.12. The summed E-state index contributed by atoms with van der Waals surface area (Å²) in [5, 5.41) is 0. The van der Waals surface area contributed by atoms with Gasteiger partial charge < -0.3 is 9.30 Å². The molecule has 0 atom stereocenters. The van der Waals surface area contributed by atoms with Gasteiger partial charge >= 0.3 is 0 Å². The first-order valence-corrected chi connectivity index (χ1v) is 10.8. The second-order valence-electron chi connectivity index (χ2n) is 7.05. The number of nitrogens with zero attached hydrogens (tertiary/aromatic N) is 3. The van der Waals surface area contributed by atoms with E-state index < -0.39 is 10.0 Å². The van der Waals surface area contributed by atoms with Crippen molar-refractivity contribution < 1.29 is 17.5 Å². The maximum Gasteiger partial charge on any atom is 0.243 e. The van der Waals surface area contributed by atoms with Crippen LogP contribution >= 0.6 is 0 Å². The van der Waals surface area contributed by atoms with Crippen LogP contribution in [-0.4, -0.2) is 35.4 Å². The van der Waals surface area contributed by atoms with E-state index in [1.54, 1.807) is 49.7 Å². The van der Waals surface area contributed by atoms with Gasteiger partial charge in [0.05, 0.1) is 18.6 Å². The van der Waals surface area contributed by atoms with Crippen molar-refractivity contribution in [3.05, 3.63) is 78.1 Å². The van der Waals surface area contributed by atoms with E-state index in [0.717, 1.165) is 18.4 Å². The third-order valence-corrected chi connectivity index (χ3v) is 6.90. The number of benzene rings is 2. The zero-order valence-corrected chi connectivity index (χ0v) is 16.8. The van der Waals surface area contributed by atoms with Gasteiger partial charge in [-0.2, -0.15) is 4.31 Å². The van der Waals surface area contributed by atoms with Crippen LogP contribution in [0.25, 0.3) is 0 Å². The number of imidazole rings is 1. The van der Waals surface area contributed by atoms with Crippen molar-refractivity contribution in [3.63, 3.8) is 0 Å². The Labute approximate surface area is 169 Å². The van der Waals surface area contributed by atoms with Crippen molar-refractivity contribution >= 4 is 10.0 Å². The molecular formula is C21H22FN3O3S. The Bertz CT molecular complexity index is 1080. The molecular weight excluding hydrogens is 393 g/mol. The van der Waals surface area contributed by atoms with Gasteiger partial charge in [0.1, 0.15) is 17.4 Å². The minimum Gasteiger partial charge on any atom is -0.497 e. The molecule has 0 bridgehead atoms. The van der Waals surface area contributed by atoms with Crippen LogP contribution in [0.5, 0.6) is 5.75 Å². The first kappa shape index (κ1) is 19.6. The molecule has 0 amide bonds. The zero-order valence-electron chi connectivity index (χ0n) is 16.0. The smallest absolute Gasteiger partial charge is 0.243 e. The second-order valence-corrected chi connectivity index (χ2v) is 8.95. The van der Waals surface area contributed by atoms with Crippen molar-refractivity contribution in [3.8, 4) is 5.75 Å². The Morgan fingerprint density at radius 1 is 1.14 bits per heavy atom. The molecule has 1 aliphatic rings. The highest BCUT2D eigenvalue weighted by atomic mass is 32.2. The summed E-state index contributed by atoms with van der Waals surface area (Å²) in [6.45, 7) is 0.684. The Hall–Kier alpha value is -2.71. The average molecular weight is 415 g/mol. The normalized spacial score (nSPS) is 14.3. The maximum atomic E-state index is 13.3. The van der Waals surface area contributed by atoms with Crippen LogP contribution in [0, 0.1) is 5.82 Å². The summed E-state index contributed by atoms with van der Waals surface area (Å²) >= 11 is 0. The Kier molecular flexibility index (Phi) is 5.38. The molecule has 0 saturated heterocycles. The van der Waals surface area contributed by atoms with Gasteiger partial charge in [0.15, 0.2) is 0 Å². The van der Waals surface area contributed by atoms with Crippen LogP contribution in [0.15, 0.2) is 65.8 Å². The molecule has 4 rings (SSSR count). The van der Waals surface area contributed by atoms with Crippen LogP contribution in [0.1, 0.15) is 24.2 Å². The van der Waals surface area contributed by atoms with Gasteiger partial charge in [0.2, 0.25) is 10.0 Å². The maximum absolute atomic E-state index is 13.3. The van der Waals surface area contributed by atoms with Crippen LogP contribution in [-0.2, 0) is 23.1 Å². The summed E-state index contributed by atoms with van der Waals surface area (Å²) in [4.78, 5) is 4.62. The SMILES string of the molecule is COc1ccc(S(=O)(=O)N(Cc2nccn2Cc2ccc(F)cc2)C2CC2)cc1. The molecule has 29 heavy (non-hydrogen) atoms. The fourth-order valence-electron chi connectivity index (χ4n) is 3.22. The second kappa shape index (κ2) is 7.96. The van der Waals surface area contributed by atoms with Crippen LogP contribution < -0.4 is 4.74 Å². The highest BCUT2D eigenvalue weighted by Crippen LogP contribution is 2.33. The fraction of sp³-hybridized carbons (Fsp3) is 0.286. The van der Waals surface area contributed by atoms with Crippen LogP contribution in [0.2, 0.25) is 0 Å². The van der Waals surface area contributed by atoms with E-state index in [-0.39, 0.29) is 23.3 Å². The summed E-state index contributed by atoms with van der Waals surface area (Å²) < 4.78 is 48.2. The highest BCUT2D eigenvalue weighted by Gasteiger charge is 2.38. The van der Waals surface area contributed by atoms with Gasteiger partial charge in [-0.1, -0.05) is 12.1 Å². The van der Waals surface area contributed by atoms with Crippen molar-refractivity contribution in [2.24, 2.45) is 0 Å². The molecule has 0 spiro atoms. The molecule has 0 aliphatic heterocycles. The standard InChI is InChI=1S/C21H22FN3O3S/c1-28-19-8-10-20(11-9-19)29(26,27)25(18-6-7-18)15-21-23-12-13-24(21)14-16-2-4-17(22)5-3-16/h2-5,8-13,18H,6-7,14-15H2,1H3. The monoisotopic (exact) mass is 415 g/mol. The molecule has 0 N–H and O–H groups in total. The van der Waals surface area contributed by atoms with Gasteiger partial charge in [-0.15, -0.1) is 0 Å². The lowest BCUT2D eigenvalue weighted by molar-refractivity contribution is 0.383. The number of aromatic nitrogens is 2. The van der Waals surface area contributed by atoms with Crippen molar-refractivity contribution in [1.82, 2.24) is 13.9 Å². The van der Waals surface area contributed by atoms with Crippen LogP contribution in [0.4, 0.5) is 4.39 Å². The van der Waals surface area contributed by atoms with Crippen molar-refractivity contribution in [1.29, 1.82) is 0 Å². The van der Waals surface area contributed by atoms with E-state index in [2.05, 4.69) is 4.98 Å². The minimum atomic E-state index is -3.66. The predicted octanol–water partition coefficient (Wildman–Crippen LogP) is 3.43. The molecule has 6 nitrogen and oxygen atoms in total. The van der Waals surface area contributed by atoms with E-state index in [0.29, 0.717) is 18.1 Å². The van der Waals surface area contributed by atoms with Crippen molar-refractivity contribution in [2.45, 2.75) is 36.9 Å². The minimum absolute atomic E-state index is 0.0157. The number of hydrogen-bond donors (Lipinski definition) is 0. The summed E-state index contributed by atoms with van der Waals surface area (Å²) in [5.41, 5.74) is 0.918. The highest BCUT2D eigenvalue weighted by molar-refractivity contribution is 7.89. The van der Waals surface area contributed by atoms with E-state index in [4.69, 9.17) is 4.74 Å². The molecule has 1 saturated carbocycles. The largest absolute Gasteiger partial charge is 0.497 e. The number of halogens is 1. The zero-order chi connectivity index (χ0) is 20.4. The summed E-state index contributed by atoms with van der Waals surface area (Å²) in [6, 6.07) is 12.7. The summed E-state index contributed by atoms with van der Waals surface area (Å²) in [6.07, 6.45) is 5.15. The first-order chi connectivity index (χ1) is 14.0. The lowest BCUT2D eigenvalue weighted by Gasteiger charge is -2.22. The lowest BCUT2D eigenvalue weighted by atomic mass is 10.2. The van der Waals surface area contributed by atoms with E-state index in [1.165, 1.54) is 16.4 Å². The Morgan fingerprint density at radius 3 is 2.45 bits per heavy atom. The summed E-state index contributed by atoms with van der Waals surface area (Å²) in [5.74, 6) is 0.972. The third-order valence-electron chi connectivity index (χ3n) is 4.99. The van der Waals surface area contributed by atoms with Gasteiger partial charge in [0, 0.05) is 25.0 Å². The third kappa shape index (κ3) is 4.33. The number of ether oxygens (including phenoxy) is 1. The fourth-order valence-corrected chi connectivity index (χ4v) is 4.86. The van der Waals surface area contributed by atoms with Gasteiger partial charge in [-0.25, -0.2) is 17.8 Å². The Morgan fingerprint density at radius 2 is 1.83 bits per heavy atom. The number of hydrogen-bond acceptors (Lipinski definition) is 4. The molecule has 8 heteroatoms. The lowest BCUT2D eigenvalue weighted by Crippen LogP contribution is -2.33. The van der Waals surface area contributed by atoms with E-state index in [1.807, 2.05) is 10.8 Å². The molecule has 0 radical (unpaired) electrons. The molecule has 0 unspecified atom stereocenters. The average Bonchev–Trinajstić information content (AvgIpc) is 3.47. The van der Waals surface area contributed by atoms with E-state index in [9.17, 15) is 12.8 Å².